The van der Waals surface area contributed by atoms with Crippen molar-refractivity contribution < 1.29 is 9.53 Å². The summed E-state index contributed by atoms with van der Waals surface area (Å²) in [5, 5.41) is 5.45. The van der Waals surface area contributed by atoms with Gasteiger partial charge in [0.15, 0.2) is 0 Å². The molecule has 3 rings (SSSR count). The molecule has 1 amide bonds. The van der Waals surface area contributed by atoms with Crippen molar-refractivity contribution in [2.45, 2.75) is 24.1 Å². The molecule has 124 valence electrons. The van der Waals surface area contributed by atoms with E-state index in [9.17, 15) is 4.79 Å². The lowest BCUT2D eigenvalue weighted by molar-refractivity contribution is -0.115. The monoisotopic (exact) mass is 359 g/mol. The molecule has 0 radical (unpaired) electrons. The van der Waals surface area contributed by atoms with Crippen molar-refractivity contribution in [2.24, 2.45) is 0 Å². The molecule has 0 saturated carbocycles. The maximum Gasteiger partial charge on any atom is 0.237 e. The van der Waals surface area contributed by atoms with Gasteiger partial charge in [-0.15, -0.1) is 11.3 Å². The number of aromatic nitrogens is 2. The molecular weight excluding hydrogens is 342 g/mol. The van der Waals surface area contributed by atoms with Crippen LogP contribution in [0.5, 0.6) is 5.75 Å². The number of hydrogen-bond donors (Lipinski definition) is 1. The molecule has 0 aliphatic rings. The van der Waals surface area contributed by atoms with E-state index in [1.807, 2.05) is 49.6 Å². The molecule has 7 heteroatoms. The molecular formula is C17H17N3O2S2. The summed E-state index contributed by atoms with van der Waals surface area (Å²) in [4.78, 5) is 21.1. The lowest BCUT2D eigenvalue weighted by atomic mass is 10.3. The van der Waals surface area contributed by atoms with Crippen molar-refractivity contribution >= 4 is 44.9 Å². The maximum absolute atomic E-state index is 12.5. The molecule has 0 saturated heterocycles. The maximum atomic E-state index is 12.5. The van der Waals surface area contributed by atoms with Crippen LogP contribution in [0.3, 0.4) is 0 Å². The number of carbonyl (C=O) groups excluding carboxylic acids is 1. The van der Waals surface area contributed by atoms with Crippen molar-refractivity contribution in [2.75, 3.05) is 11.9 Å². The minimum atomic E-state index is -0.292. The molecule has 1 N–H and O–H groups in total. The van der Waals surface area contributed by atoms with Crippen LogP contribution in [0.2, 0.25) is 0 Å². The van der Waals surface area contributed by atoms with Gasteiger partial charge in [-0.3, -0.25) is 4.79 Å². The van der Waals surface area contributed by atoms with E-state index >= 15 is 0 Å². The fraction of sp³-hybridized carbons (Fsp3) is 0.235. The molecule has 24 heavy (non-hydrogen) atoms. The van der Waals surface area contributed by atoms with Crippen LogP contribution < -0.4 is 10.1 Å². The first-order chi connectivity index (χ1) is 11.7. The molecule has 5 nitrogen and oxygen atoms in total. The van der Waals surface area contributed by atoms with Gasteiger partial charge in [-0.2, -0.15) is 0 Å². The molecule has 0 fully saturated rings. The van der Waals surface area contributed by atoms with Crippen LogP contribution in [0.15, 0.2) is 47.1 Å². The van der Waals surface area contributed by atoms with Gasteiger partial charge >= 0.3 is 0 Å². The Bertz CT molecular complexity index is 850. The summed E-state index contributed by atoms with van der Waals surface area (Å²) in [5.41, 5.74) is 1.59. The van der Waals surface area contributed by atoms with Gasteiger partial charge < -0.3 is 10.1 Å². The van der Waals surface area contributed by atoms with Gasteiger partial charge in [0.1, 0.15) is 17.1 Å². The zero-order valence-electron chi connectivity index (χ0n) is 13.4. The molecule has 3 aromatic rings. The van der Waals surface area contributed by atoms with E-state index in [2.05, 4.69) is 15.3 Å². The van der Waals surface area contributed by atoms with Crippen molar-refractivity contribution in [1.82, 2.24) is 9.97 Å². The van der Waals surface area contributed by atoms with Crippen LogP contribution in [0.4, 0.5) is 5.69 Å². The fourth-order valence-electron chi connectivity index (χ4n) is 2.16. The third-order valence-electron chi connectivity index (χ3n) is 3.31. The molecule has 1 atom stereocenters. The number of thioether (sulfide) groups is 1. The second-order valence-corrected chi connectivity index (χ2v) is 7.24. The first-order valence-corrected chi connectivity index (χ1v) is 9.32. The number of hydrogen-bond acceptors (Lipinski definition) is 6. The number of nitrogens with one attached hydrogen (secondary N) is 1. The highest BCUT2D eigenvalue weighted by molar-refractivity contribution is 8.00. The number of thiophene rings is 1. The first-order valence-electron chi connectivity index (χ1n) is 7.56. The topological polar surface area (TPSA) is 64.1 Å². The summed E-state index contributed by atoms with van der Waals surface area (Å²) in [7, 11) is 0. The van der Waals surface area contributed by atoms with Crippen LogP contribution in [-0.2, 0) is 4.79 Å². The van der Waals surface area contributed by atoms with Crippen LogP contribution >= 0.6 is 23.1 Å². The smallest absolute Gasteiger partial charge is 0.237 e. The number of benzene rings is 1. The third-order valence-corrected chi connectivity index (χ3v) is 5.45. The summed E-state index contributed by atoms with van der Waals surface area (Å²) in [6.07, 6.45) is 1.53. The minimum Gasteiger partial charge on any atom is -0.492 e. The second kappa shape index (κ2) is 7.63. The molecule has 0 spiro atoms. The Hall–Kier alpha value is -2.12. The Labute approximate surface area is 148 Å². The summed E-state index contributed by atoms with van der Waals surface area (Å²) >= 11 is 3.01. The molecule has 1 aromatic carbocycles. The Kier molecular flexibility index (Phi) is 5.32. The highest BCUT2D eigenvalue weighted by Crippen LogP contribution is 2.32. The number of fused-ring (bicyclic) bond motifs is 1. The predicted octanol–water partition coefficient (Wildman–Crippen LogP) is 4.21. The largest absolute Gasteiger partial charge is 0.492 e. The van der Waals surface area contributed by atoms with Gasteiger partial charge in [-0.25, -0.2) is 9.97 Å². The van der Waals surface area contributed by atoms with E-state index in [1.165, 1.54) is 18.1 Å². The molecule has 1 unspecified atom stereocenters. The van der Waals surface area contributed by atoms with Crippen LogP contribution in [0, 0.1) is 0 Å². The molecule has 0 aliphatic carbocycles. The van der Waals surface area contributed by atoms with Crippen molar-refractivity contribution in [3.05, 3.63) is 42.0 Å². The normalized spacial score (nSPS) is 12.1. The number of nitrogens with zero attached hydrogens (tertiary/aromatic N) is 2. The molecule has 0 aliphatic heterocycles. The van der Waals surface area contributed by atoms with E-state index < -0.39 is 0 Å². The zero-order chi connectivity index (χ0) is 16.9. The van der Waals surface area contributed by atoms with E-state index in [0.717, 1.165) is 15.2 Å². The Morgan fingerprint density at radius 2 is 2.17 bits per heavy atom. The summed E-state index contributed by atoms with van der Waals surface area (Å²) < 4.78 is 6.55. The molecule has 0 bridgehead atoms. The van der Waals surface area contributed by atoms with Crippen molar-refractivity contribution in [3.63, 3.8) is 0 Å². The number of rotatable bonds is 6. The summed E-state index contributed by atoms with van der Waals surface area (Å²) in [6.45, 7) is 4.33. The van der Waals surface area contributed by atoms with E-state index in [0.29, 0.717) is 18.0 Å². The van der Waals surface area contributed by atoms with Gasteiger partial charge in [0, 0.05) is 0 Å². The van der Waals surface area contributed by atoms with Crippen LogP contribution in [0.25, 0.3) is 10.2 Å². The number of anilines is 1. The standard InChI is InChI=1S/C17H17N3O2S2/c1-3-22-14-7-5-4-6-12(14)20-16(21)11(2)24-17-15-13(8-9-23-15)18-10-19-17/h4-11H,3H2,1-2H3,(H,20,21). The number of carbonyl (C=O) groups is 1. The van der Waals surface area contributed by atoms with E-state index in [1.54, 1.807) is 11.3 Å². The number of amides is 1. The highest BCUT2D eigenvalue weighted by atomic mass is 32.2. The van der Waals surface area contributed by atoms with Gasteiger partial charge in [-0.1, -0.05) is 23.9 Å². The quantitative estimate of drug-likeness (QED) is 0.528. The fourth-order valence-corrected chi connectivity index (χ4v) is 3.99. The minimum absolute atomic E-state index is 0.0875. The summed E-state index contributed by atoms with van der Waals surface area (Å²) in [6, 6.07) is 9.39. The van der Waals surface area contributed by atoms with E-state index in [-0.39, 0.29) is 11.2 Å². The average Bonchev–Trinajstić information content (AvgIpc) is 3.06. The van der Waals surface area contributed by atoms with E-state index in [4.69, 9.17) is 4.74 Å². The van der Waals surface area contributed by atoms with Crippen molar-refractivity contribution in [1.29, 1.82) is 0 Å². The average molecular weight is 359 g/mol. The lowest BCUT2D eigenvalue weighted by Crippen LogP contribution is -2.22. The van der Waals surface area contributed by atoms with Gasteiger partial charge in [0.25, 0.3) is 0 Å². The Balaban J connectivity index is 1.72. The summed E-state index contributed by atoms with van der Waals surface area (Å²) in [5.74, 6) is 0.587. The highest BCUT2D eigenvalue weighted by Gasteiger charge is 2.18. The second-order valence-electron chi connectivity index (χ2n) is 4.99. The predicted molar refractivity (Wildman–Crippen MR) is 99.0 cm³/mol. The first kappa shape index (κ1) is 16.7. The van der Waals surface area contributed by atoms with Gasteiger partial charge in [0.05, 0.1) is 27.8 Å². The van der Waals surface area contributed by atoms with Gasteiger partial charge in [0.2, 0.25) is 5.91 Å². The third kappa shape index (κ3) is 3.68. The number of para-hydroxylation sites is 2. The van der Waals surface area contributed by atoms with Gasteiger partial charge in [-0.05, 0) is 37.4 Å². The Morgan fingerprint density at radius 3 is 3.00 bits per heavy atom. The number of ether oxygens (including phenoxy) is 1. The lowest BCUT2D eigenvalue weighted by Gasteiger charge is -2.14. The van der Waals surface area contributed by atoms with Crippen LogP contribution in [-0.4, -0.2) is 27.7 Å². The van der Waals surface area contributed by atoms with Crippen LogP contribution in [0.1, 0.15) is 13.8 Å². The Morgan fingerprint density at radius 1 is 1.33 bits per heavy atom. The SMILES string of the molecule is CCOc1ccccc1NC(=O)C(C)Sc1ncnc2ccsc12. The molecule has 2 heterocycles. The van der Waals surface area contributed by atoms with Crippen molar-refractivity contribution in [3.8, 4) is 5.75 Å². The molecule has 2 aromatic heterocycles. The zero-order valence-corrected chi connectivity index (χ0v) is 15.0.